The zero-order valence-electron chi connectivity index (χ0n) is 16.0. The van der Waals surface area contributed by atoms with Crippen molar-refractivity contribution in [3.05, 3.63) is 48.3 Å². The van der Waals surface area contributed by atoms with E-state index in [0.717, 1.165) is 11.5 Å². The standard InChI is InChI=1S/C20H23FN4O3/c1-20(2)13-25(16(26)11-23-9-10-28-12-17(23)27)18(20)19-22-7-8-24(19)15-5-3-14(21)4-6-15/h3-8,18H,9-13H2,1-2H3. The number of likely N-dealkylation sites (tertiary alicyclic amines) is 1. The van der Waals surface area contributed by atoms with Gasteiger partial charge in [-0.05, 0) is 24.3 Å². The summed E-state index contributed by atoms with van der Waals surface area (Å²) in [5.74, 6) is 0.155. The fourth-order valence-electron chi connectivity index (χ4n) is 3.96. The highest BCUT2D eigenvalue weighted by molar-refractivity contribution is 5.86. The molecular weight excluding hydrogens is 363 g/mol. The third-order valence-corrected chi connectivity index (χ3v) is 5.38. The van der Waals surface area contributed by atoms with E-state index in [1.165, 1.54) is 12.1 Å². The van der Waals surface area contributed by atoms with Crippen molar-refractivity contribution in [1.82, 2.24) is 19.4 Å². The number of morpholine rings is 1. The number of carbonyl (C=O) groups is 2. The molecular formula is C20H23FN4O3. The van der Waals surface area contributed by atoms with Crippen LogP contribution in [-0.2, 0) is 14.3 Å². The molecule has 0 radical (unpaired) electrons. The van der Waals surface area contributed by atoms with Crippen LogP contribution in [0.25, 0.3) is 5.69 Å². The average Bonchev–Trinajstić information content (AvgIpc) is 3.11. The van der Waals surface area contributed by atoms with E-state index in [-0.39, 0.29) is 42.2 Å². The van der Waals surface area contributed by atoms with Crippen molar-refractivity contribution in [2.75, 3.05) is 32.8 Å². The van der Waals surface area contributed by atoms with Gasteiger partial charge in [0.2, 0.25) is 11.8 Å². The lowest BCUT2D eigenvalue weighted by Crippen LogP contribution is -2.61. The van der Waals surface area contributed by atoms with E-state index in [4.69, 9.17) is 4.74 Å². The van der Waals surface area contributed by atoms with E-state index in [2.05, 4.69) is 18.8 Å². The first-order chi connectivity index (χ1) is 13.4. The molecule has 2 fully saturated rings. The van der Waals surface area contributed by atoms with Crippen LogP contribution in [0.15, 0.2) is 36.7 Å². The van der Waals surface area contributed by atoms with E-state index >= 15 is 0 Å². The number of ether oxygens (including phenoxy) is 1. The number of amides is 2. The minimum absolute atomic E-state index is 0.0250. The Labute approximate surface area is 162 Å². The lowest BCUT2D eigenvalue weighted by atomic mass is 9.74. The second kappa shape index (κ2) is 7.01. The van der Waals surface area contributed by atoms with Crippen molar-refractivity contribution in [3.8, 4) is 5.69 Å². The maximum absolute atomic E-state index is 13.3. The van der Waals surface area contributed by atoms with Crippen molar-refractivity contribution < 1.29 is 18.7 Å². The summed E-state index contributed by atoms with van der Waals surface area (Å²) in [7, 11) is 0. The Balaban J connectivity index is 1.58. The fourth-order valence-corrected chi connectivity index (χ4v) is 3.96. The molecule has 148 valence electrons. The average molecular weight is 386 g/mol. The van der Waals surface area contributed by atoms with Gasteiger partial charge in [0.25, 0.3) is 0 Å². The van der Waals surface area contributed by atoms with E-state index in [0.29, 0.717) is 19.7 Å². The van der Waals surface area contributed by atoms with Gasteiger partial charge in [0.15, 0.2) is 0 Å². The maximum Gasteiger partial charge on any atom is 0.249 e. The second-order valence-electron chi connectivity index (χ2n) is 7.91. The number of hydrogen-bond donors (Lipinski definition) is 0. The molecule has 3 heterocycles. The Morgan fingerprint density at radius 1 is 1.32 bits per heavy atom. The van der Waals surface area contributed by atoms with Gasteiger partial charge in [-0.25, -0.2) is 9.37 Å². The number of hydrogen-bond acceptors (Lipinski definition) is 4. The first-order valence-electron chi connectivity index (χ1n) is 9.31. The van der Waals surface area contributed by atoms with Crippen molar-refractivity contribution >= 4 is 11.8 Å². The van der Waals surface area contributed by atoms with Crippen LogP contribution in [0, 0.1) is 11.2 Å². The number of carbonyl (C=O) groups excluding carboxylic acids is 2. The van der Waals surface area contributed by atoms with Crippen LogP contribution in [0.4, 0.5) is 4.39 Å². The molecule has 2 aliphatic rings. The van der Waals surface area contributed by atoms with E-state index < -0.39 is 0 Å². The molecule has 8 heteroatoms. The van der Waals surface area contributed by atoms with E-state index in [9.17, 15) is 14.0 Å². The van der Waals surface area contributed by atoms with Crippen LogP contribution in [0.5, 0.6) is 0 Å². The van der Waals surface area contributed by atoms with Crippen LogP contribution >= 0.6 is 0 Å². The topological polar surface area (TPSA) is 67.7 Å². The molecule has 0 spiro atoms. The predicted molar refractivity (Wildman–Crippen MR) is 99.2 cm³/mol. The van der Waals surface area contributed by atoms with E-state index in [1.54, 1.807) is 28.1 Å². The molecule has 1 unspecified atom stereocenters. The smallest absolute Gasteiger partial charge is 0.249 e. The Hall–Kier alpha value is -2.74. The zero-order chi connectivity index (χ0) is 19.9. The molecule has 0 aliphatic carbocycles. The molecule has 2 saturated heterocycles. The number of aromatic nitrogens is 2. The number of benzene rings is 1. The predicted octanol–water partition coefficient (Wildman–Crippen LogP) is 1.78. The van der Waals surface area contributed by atoms with Crippen LogP contribution in [-0.4, -0.2) is 64.0 Å². The van der Waals surface area contributed by atoms with Crippen LogP contribution in [0.1, 0.15) is 25.7 Å². The van der Waals surface area contributed by atoms with Gasteiger partial charge in [-0.3, -0.25) is 9.59 Å². The summed E-state index contributed by atoms with van der Waals surface area (Å²) >= 11 is 0. The number of rotatable bonds is 4. The number of nitrogens with zero attached hydrogens (tertiary/aromatic N) is 4. The molecule has 1 atom stereocenters. The third kappa shape index (κ3) is 3.28. The summed E-state index contributed by atoms with van der Waals surface area (Å²) in [6, 6.07) is 5.95. The molecule has 2 aromatic rings. The van der Waals surface area contributed by atoms with Crippen molar-refractivity contribution in [2.24, 2.45) is 5.41 Å². The molecule has 0 saturated carbocycles. The molecule has 7 nitrogen and oxygen atoms in total. The van der Waals surface area contributed by atoms with Crippen molar-refractivity contribution in [1.29, 1.82) is 0 Å². The molecule has 0 bridgehead atoms. The SMILES string of the molecule is CC1(C)CN(C(=O)CN2CCOCC2=O)C1c1nccn1-c1ccc(F)cc1. The summed E-state index contributed by atoms with van der Waals surface area (Å²) in [6.07, 6.45) is 3.49. The fraction of sp³-hybridized carbons (Fsp3) is 0.450. The Morgan fingerprint density at radius 3 is 2.75 bits per heavy atom. The third-order valence-electron chi connectivity index (χ3n) is 5.38. The molecule has 4 rings (SSSR count). The van der Waals surface area contributed by atoms with Crippen LogP contribution < -0.4 is 0 Å². The largest absolute Gasteiger partial charge is 0.370 e. The Kier molecular flexibility index (Phi) is 4.66. The van der Waals surface area contributed by atoms with Crippen molar-refractivity contribution in [2.45, 2.75) is 19.9 Å². The molecule has 2 amide bonds. The number of halogens is 1. The Bertz CT molecular complexity index is 893. The summed E-state index contributed by atoms with van der Waals surface area (Å²) in [6.45, 7) is 5.71. The van der Waals surface area contributed by atoms with Gasteiger partial charge >= 0.3 is 0 Å². The molecule has 28 heavy (non-hydrogen) atoms. The quantitative estimate of drug-likeness (QED) is 0.803. The zero-order valence-corrected chi connectivity index (χ0v) is 16.0. The Morgan fingerprint density at radius 2 is 2.07 bits per heavy atom. The highest BCUT2D eigenvalue weighted by atomic mass is 19.1. The minimum Gasteiger partial charge on any atom is -0.370 e. The van der Waals surface area contributed by atoms with Gasteiger partial charge < -0.3 is 19.1 Å². The highest BCUT2D eigenvalue weighted by Gasteiger charge is 2.51. The van der Waals surface area contributed by atoms with Gasteiger partial charge in [-0.15, -0.1) is 0 Å². The lowest BCUT2D eigenvalue weighted by Gasteiger charge is -2.54. The summed E-state index contributed by atoms with van der Waals surface area (Å²) in [5.41, 5.74) is 0.626. The van der Waals surface area contributed by atoms with Crippen molar-refractivity contribution in [3.63, 3.8) is 0 Å². The van der Waals surface area contributed by atoms with Gasteiger partial charge in [0, 0.05) is 36.6 Å². The molecule has 1 aromatic heterocycles. The summed E-state index contributed by atoms with van der Waals surface area (Å²) in [5, 5.41) is 0. The first-order valence-corrected chi connectivity index (χ1v) is 9.31. The van der Waals surface area contributed by atoms with Gasteiger partial charge in [-0.2, -0.15) is 0 Å². The van der Waals surface area contributed by atoms with Crippen LogP contribution in [0.2, 0.25) is 0 Å². The molecule has 2 aliphatic heterocycles. The molecule has 0 N–H and O–H groups in total. The maximum atomic E-state index is 13.3. The monoisotopic (exact) mass is 386 g/mol. The van der Waals surface area contributed by atoms with E-state index in [1.807, 2.05) is 10.8 Å². The summed E-state index contributed by atoms with van der Waals surface area (Å²) < 4.78 is 20.3. The van der Waals surface area contributed by atoms with Crippen LogP contribution in [0.3, 0.4) is 0 Å². The number of imidazole rings is 1. The second-order valence-corrected chi connectivity index (χ2v) is 7.91. The highest BCUT2D eigenvalue weighted by Crippen LogP contribution is 2.48. The first kappa shape index (κ1) is 18.6. The van der Waals surface area contributed by atoms with Gasteiger partial charge in [0.05, 0.1) is 19.2 Å². The van der Waals surface area contributed by atoms with Gasteiger partial charge in [-0.1, -0.05) is 13.8 Å². The molecule has 1 aromatic carbocycles. The minimum atomic E-state index is -0.304. The summed E-state index contributed by atoms with van der Waals surface area (Å²) in [4.78, 5) is 32.7. The normalized spacial score (nSPS) is 21.5. The lowest BCUT2D eigenvalue weighted by molar-refractivity contribution is -0.160. The van der Waals surface area contributed by atoms with Gasteiger partial charge in [0.1, 0.15) is 18.2 Å².